The fourth-order valence-corrected chi connectivity index (χ4v) is 4.39. The van der Waals surface area contributed by atoms with Crippen LogP contribution in [-0.2, 0) is 0 Å². The summed E-state index contributed by atoms with van der Waals surface area (Å²) in [6.45, 7) is 5.48. The fourth-order valence-electron chi connectivity index (χ4n) is 3.29. The molecule has 6 nitrogen and oxygen atoms in total. The van der Waals surface area contributed by atoms with Crippen LogP contribution in [0.1, 0.15) is 37.2 Å². The molecular formula is C14H21N3O3S. The molecule has 2 fully saturated rings. The maximum Gasteiger partial charge on any atom is 0.304 e. The molecule has 0 aliphatic carbocycles. The van der Waals surface area contributed by atoms with E-state index >= 15 is 0 Å². The highest BCUT2D eigenvalue weighted by atomic mass is 32.1. The number of anilines is 1. The van der Waals surface area contributed by atoms with Crippen LogP contribution in [0.15, 0.2) is 6.07 Å². The molecule has 21 heavy (non-hydrogen) atoms. The van der Waals surface area contributed by atoms with Crippen molar-refractivity contribution in [1.82, 2.24) is 4.90 Å². The van der Waals surface area contributed by atoms with Gasteiger partial charge in [-0.1, -0.05) is 6.42 Å². The lowest BCUT2D eigenvalue weighted by atomic mass is 10.00. The van der Waals surface area contributed by atoms with Gasteiger partial charge in [0.05, 0.1) is 11.0 Å². The summed E-state index contributed by atoms with van der Waals surface area (Å²) in [5.41, 5.74) is 0.139. The van der Waals surface area contributed by atoms with Crippen LogP contribution < -0.4 is 4.90 Å². The molecule has 116 valence electrons. The number of piperazine rings is 1. The van der Waals surface area contributed by atoms with Crippen molar-refractivity contribution in [3.8, 4) is 0 Å². The number of nitrogens with zero attached hydrogens (tertiary/aromatic N) is 3. The molecule has 0 amide bonds. The quantitative estimate of drug-likeness (QED) is 0.685. The number of piperidine rings is 1. The summed E-state index contributed by atoms with van der Waals surface area (Å²) in [6.07, 6.45) is 3.04. The zero-order valence-corrected chi connectivity index (χ0v) is 13.0. The maximum atomic E-state index is 11.3. The van der Waals surface area contributed by atoms with Gasteiger partial charge in [0.25, 0.3) is 0 Å². The van der Waals surface area contributed by atoms with Gasteiger partial charge < -0.3 is 10.0 Å². The average Bonchev–Trinajstić information content (AvgIpc) is 2.92. The fraction of sp³-hybridized carbons (Fsp3) is 0.714. The van der Waals surface area contributed by atoms with E-state index in [0.717, 1.165) is 26.2 Å². The van der Waals surface area contributed by atoms with Crippen molar-refractivity contribution in [2.75, 3.05) is 31.1 Å². The smallest absolute Gasteiger partial charge is 0.304 e. The molecule has 1 aromatic heterocycles. The van der Waals surface area contributed by atoms with Crippen LogP contribution in [0.25, 0.3) is 0 Å². The molecule has 7 heteroatoms. The van der Waals surface area contributed by atoms with Crippen LogP contribution in [0.5, 0.6) is 0 Å². The second-order valence-corrected chi connectivity index (χ2v) is 6.97. The van der Waals surface area contributed by atoms with Gasteiger partial charge in [0.1, 0.15) is 0 Å². The first-order valence-electron chi connectivity index (χ1n) is 7.51. The molecule has 0 saturated carbocycles. The third kappa shape index (κ3) is 2.90. The van der Waals surface area contributed by atoms with E-state index in [1.807, 2.05) is 0 Å². The molecular weight excluding hydrogens is 290 g/mol. The summed E-state index contributed by atoms with van der Waals surface area (Å²) < 4.78 is 0. The minimum Gasteiger partial charge on any atom is -0.388 e. The molecule has 3 heterocycles. The first-order chi connectivity index (χ1) is 10.1. The highest BCUT2D eigenvalue weighted by molar-refractivity contribution is 7.16. The molecule has 0 aromatic carbocycles. The van der Waals surface area contributed by atoms with Gasteiger partial charge in [-0.3, -0.25) is 15.0 Å². The van der Waals surface area contributed by atoms with E-state index in [1.54, 1.807) is 6.92 Å². The van der Waals surface area contributed by atoms with Crippen LogP contribution in [0.2, 0.25) is 0 Å². The summed E-state index contributed by atoms with van der Waals surface area (Å²) in [5.74, 6) is 0. The lowest BCUT2D eigenvalue weighted by molar-refractivity contribution is -0.383. The van der Waals surface area contributed by atoms with Gasteiger partial charge in [-0.2, -0.15) is 0 Å². The van der Waals surface area contributed by atoms with Gasteiger partial charge in [-0.25, -0.2) is 0 Å². The van der Waals surface area contributed by atoms with Gasteiger partial charge in [-0.05, 0) is 26.3 Å². The van der Waals surface area contributed by atoms with Crippen LogP contribution in [0, 0.1) is 10.1 Å². The Labute approximate surface area is 128 Å². The molecule has 2 saturated heterocycles. The molecule has 0 spiro atoms. The van der Waals surface area contributed by atoms with Crippen LogP contribution >= 0.6 is 11.3 Å². The zero-order valence-electron chi connectivity index (χ0n) is 12.2. The number of aliphatic hydroxyl groups excluding tert-OH is 1. The van der Waals surface area contributed by atoms with Crippen molar-refractivity contribution >= 4 is 22.0 Å². The van der Waals surface area contributed by atoms with Crippen molar-refractivity contribution in [3.63, 3.8) is 0 Å². The average molecular weight is 311 g/mol. The monoisotopic (exact) mass is 311 g/mol. The number of hydrogen-bond acceptors (Lipinski definition) is 6. The van der Waals surface area contributed by atoms with Crippen molar-refractivity contribution < 1.29 is 10.0 Å². The summed E-state index contributed by atoms with van der Waals surface area (Å²) in [5, 5.41) is 21.7. The number of aliphatic hydroxyl groups is 1. The van der Waals surface area contributed by atoms with Crippen molar-refractivity contribution in [2.24, 2.45) is 0 Å². The Morgan fingerprint density at radius 3 is 2.95 bits per heavy atom. The molecule has 1 aromatic rings. The SMILES string of the molecule is CC(O)c1cc([N+](=O)[O-])c(N2CCN3CCCCC3C2)s1. The Kier molecular flexibility index (Phi) is 4.14. The summed E-state index contributed by atoms with van der Waals surface area (Å²) >= 11 is 1.36. The minimum absolute atomic E-state index is 0.139. The Bertz CT molecular complexity index is 532. The van der Waals surface area contributed by atoms with E-state index in [9.17, 15) is 15.2 Å². The first-order valence-corrected chi connectivity index (χ1v) is 8.33. The summed E-state index contributed by atoms with van der Waals surface area (Å²) in [6, 6.07) is 2.04. The van der Waals surface area contributed by atoms with E-state index in [2.05, 4.69) is 9.80 Å². The Hall–Kier alpha value is -1.18. The van der Waals surface area contributed by atoms with Gasteiger partial charge in [0.15, 0.2) is 5.00 Å². The molecule has 1 N–H and O–H groups in total. The number of thiophene rings is 1. The van der Waals surface area contributed by atoms with E-state index in [1.165, 1.54) is 36.7 Å². The number of nitro groups is 1. The predicted molar refractivity (Wildman–Crippen MR) is 83.0 cm³/mol. The van der Waals surface area contributed by atoms with Gasteiger partial charge in [0, 0.05) is 36.6 Å². The van der Waals surface area contributed by atoms with Crippen molar-refractivity contribution in [3.05, 3.63) is 21.1 Å². The lowest BCUT2D eigenvalue weighted by Crippen LogP contribution is -2.54. The van der Waals surface area contributed by atoms with Gasteiger partial charge in [0.2, 0.25) is 0 Å². The standard InChI is InChI=1S/C14H21N3O3S/c1-10(18)13-8-12(17(19)20)14(21-13)16-7-6-15-5-3-2-4-11(15)9-16/h8,10-11,18H,2-7,9H2,1H3. The van der Waals surface area contributed by atoms with E-state index in [0.29, 0.717) is 15.9 Å². The zero-order chi connectivity index (χ0) is 15.0. The normalized spacial score (nSPS) is 24.7. The molecule has 2 aliphatic rings. The first kappa shape index (κ1) is 14.7. The number of hydrogen-bond donors (Lipinski definition) is 1. The number of fused-ring (bicyclic) bond motifs is 1. The van der Waals surface area contributed by atoms with Crippen molar-refractivity contribution in [2.45, 2.75) is 38.3 Å². The third-order valence-electron chi connectivity index (χ3n) is 4.45. The minimum atomic E-state index is -0.654. The molecule has 0 radical (unpaired) electrons. The molecule has 0 bridgehead atoms. The van der Waals surface area contributed by atoms with E-state index in [-0.39, 0.29) is 10.6 Å². The van der Waals surface area contributed by atoms with Crippen LogP contribution in [0.4, 0.5) is 10.7 Å². The maximum absolute atomic E-state index is 11.3. The van der Waals surface area contributed by atoms with Crippen molar-refractivity contribution in [1.29, 1.82) is 0 Å². The predicted octanol–water partition coefficient (Wildman–Crippen LogP) is 2.38. The summed E-state index contributed by atoms with van der Waals surface area (Å²) in [7, 11) is 0. The van der Waals surface area contributed by atoms with Gasteiger partial charge >= 0.3 is 5.69 Å². The highest BCUT2D eigenvalue weighted by Crippen LogP contribution is 2.41. The Morgan fingerprint density at radius 2 is 2.24 bits per heavy atom. The molecule has 2 atom stereocenters. The second kappa shape index (κ2) is 5.90. The molecule has 2 unspecified atom stereocenters. The van der Waals surface area contributed by atoms with Crippen LogP contribution in [-0.4, -0.2) is 47.2 Å². The van der Waals surface area contributed by atoms with Crippen LogP contribution in [0.3, 0.4) is 0 Å². The topological polar surface area (TPSA) is 69.8 Å². The molecule has 3 rings (SSSR count). The van der Waals surface area contributed by atoms with Gasteiger partial charge in [-0.15, -0.1) is 11.3 Å². The highest BCUT2D eigenvalue weighted by Gasteiger charge is 2.33. The Morgan fingerprint density at radius 1 is 1.43 bits per heavy atom. The lowest BCUT2D eigenvalue weighted by Gasteiger charge is -2.44. The Balaban J connectivity index is 1.84. The third-order valence-corrected chi connectivity index (χ3v) is 5.80. The summed E-state index contributed by atoms with van der Waals surface area (Å²) in [4.78, 5) is 16.3. The number of rotatable bonds is 3. The largest absolute Gasteiger partial charge is 0.388 e. The van der Waals surface area contributed by atoms with E-state index in [4.69, 9.17) is 0 Å². The second-order valence-electron chi connectivity index (χ2n) is 5.90. The molecule has 2 aliphatic heterocycles. The van der Waals surface area contributed by atoms with E-state index < -0.39 is 6.10 Å².